The van der Waals surface area contributed by atoms with Crippen LogP contribution < -0.4 is 59.1 Å². The minimum Gasteiger partial charge on any atom is -0.483 e. The van der Waals surface area contributed by atoms with E-state index in [4.69, 9.17) is 10.2 Å². The van der Waals surface area contributed by atoms with Crippen molar-refractivity contribution in [2.75, 3.05) is 11.5 Å². The van der Waals surface area contributed by atoms with Crippen molar-refractivity contribution in [2.45, 2.75) is 0 Å². The molecule has 0 bridgehead atoms. The van der Waals surface area contributed by atoms with Crippen molar-refractivity contribution in [2.24, 2.45) is 0 Å². The molecule has 9 heteroatoms. The first-order valence-electron chi connectivity index (χ1n) is 2.75. The first kappa shape index (κ1) is 20.9. The van der Waals surface area contributed by atoms with Gasteiger partial charge in [0.05, 0.1) is 0 Å². The van der Waals surface area contributed by atoms with Crippen LogP contribution in [-0.4, -0.2) is 37.2 Å². The number of aliphatic carboxylic acids is 2. The predicted octanol–water partition coefficient (Wildman–Crippen LogP) is -6.39. The molecule has 0 aromatic heterocycles. The quantitative estimate of drug-likeness (QED) is 0.301. The van der Waals surface area contributed by atoms with Gasteiger partial charge in [-0.2, -0.15) is 0 Å². The molecule has 14 heavy (non-hydrogen) atoms. The number of carbonyl (C=O) groups is 2. The van der Waals surface area contributed by atoms with E-state index >= 15 is 0 Å². The van der Waals surface area contributed by atoms with Crippen molar-refractivity contribution in [1.82, 2.24) is 0 Å². The zero-order valence-electron chi connectivity index (χ0n) is 7.85. The molecule has 0 aliphatic heterocycles. The van der Waals surface area contributed by atoms with Gasteiger partial charge in [-0.05, 0) is 11.5 Å². The SMILES string of the molecule is O=C(O)C[S-](CC(=O)O)C(=S)[S-].[Na+].[Na+]. The summed E-state index contributed by atoms with van der Waals surface area (Å²) in [6.07, 6.45) is 0. The van der Waals surface area contributed by atoms with Crippen LogP contribution in [0.25, 0.3) is 0 Å². The summed E-state index contributed by atoms with van der Waals surface area (Å²) in [5.41, 5.74) is 0. The maximum Gasteiger partial charge on any atom is 1.00 e. The van der Waals surface area contributed by atoms with Crippen molar-refractivity contribution in [1.29, 1.82) is 0 Å². The molecule has 0 fully saturated rings. The molecular formula is C5H6Na2O4S3. The van der Waals surface area contributed by atoms with E-state index in [0.717, 1.165) is 0 Å². The maximum absolute atomic E-state index is 10.2. The second-order valence-electron chi connectivity index (χ2n) is 1.82. The first-order valence-corrected chi connectivity index (χ1v) is 5.13. The second kappa shape index (κ2) is 11.1. The van der Waals surface area contributed by atoms with Gasteiger partial charge in [-0.1, -0.05) is 0 Å². The van der Waals surface area contributed by atoms with Gasteiger partial charge in [-0.15, -0.1) is 0 Å². The summed E-state index contributed by atoms with van der Waals surface area (Å²) in [5.74, 6) is -2.72. The summed E-state index contributed by atoms with van der Waals surface area (Å²) in [6.45, 7) is 0. The molecule has 0 unspecified atom stereocenters. The second-order valence-corrected chi connectivity index (χ2v) is 5.38. The fourth-order valence-corrected chi connectivity index (χ4v) is 2.11. The van der Waals surface area contributed by atoms with Gasteiger partial charge >= 0.3 is 59.1 Å². The molecular weight excluding hydrogens is 266 g/mol. The molecule has 4 nitrogen and oxygen atoms in total. The van der Waals surface area contributed by atoms with Gasteiger partial charge in [-0.25, -0.2) is 0 Å². The fourth-order valence-electron chi connectivity index (χ4n) is 0.467. The minimum atomic E-state index is -1.08. The van der Waals surface area contributed by atoms with Crippen LogP contribution in [0.4, 0.5) is 0 Å². The molecule has 0 heterocycles. The Balaban J connectivity index is -0.000000605. The number of thiocarbonyl (C=S) groups is 1. The fraction of sp³-hybridized carbons (Fsp3) is 0.400. The molecule has 0 aliphatic carbocycles. The zero-order chi connectivity index (χ0) is 9.72. The van der Waals surface area contributed by atoms with Crippen molar-refractivity contribution in [3.8, 4) is 0 Å². The van der Waals surface area contributed by atoms with Crippen molar-refractivity contribution < 1.29 is 78.9 Å². The minimum absolute atomic E-state index is 0. The van der Waals surface area contributed by atoms with E-state index in [1.807, 2.05) is 0 Å². The Labute approximate surface area is 140 Å². The summed E-state index contributed by atoms with van der Waals surface area (Å²) in [6, 6.07) is 0. The molecule has 0 amide bonds. The molecule has 0 saturated carbocycles. The third-order valence-electron chi connectivity index (χ3n) is 0.831. The monoisotopic (exact) mass is 272 g/mol. The molecule has 0 atom stereocenters. The van der Waals surface area contributed by atoms with Crippen LogP contribution >= 0.6 is 12.2 Å². The largest absolute Gasteiger partial charge is 1.00 e. The molecule has 0 spiro atoms. The molecule has 0 aromatic rings. The first-order chi connectivity index (χ1) is 5.43. The van der Waals surface area contributed by atoms with Crippen molar-refractivity contribution >= 4 is 51.2 Å². The smallest absolute Gasteiger partial charge is 0.483 e. The van der Waals surface area contributed by atoms with Crippen LogP contribution in [0, 0.1) is 0 Å². The van der Waals surface area contributed by atoms with E-state index in [-0.39, 0.29) is 74.1 Å². The zero-order valence-corrected chi connectivity index (χ0v) is 14.3. The average molecular weight is 272 g/mol. The summed E-state index contributed by atoms with van der Waals surface area (Å²) < 4.78 is 0.0415. The number of carboxylic acid groups (broad SMARTS) is 2. The Morgan fingerprint density at radius 3 is 1.57 bits per heavy atom. The Bertz CT molecular complexity index is 207. The molecule has 0 aliphatic rings. The molecule has 0 aromatic carbocycles. The van der Waals surface area contributed by atoms with E-state index in [1.54, 1.807) is 0 Å². The Morgan fingerprint density at radius 1 is 1.14 bits per heavy atom. The standard InChI is InChI=1S/C5H7O4S3.2Na/c6-3(7)1-12(5(10)11)2-4(8)9;;/h1-2H2,(H,6,7)(H,8,9)(H,10,11);;/q-1;2*+1/p-1. The van der Waals surface area contributed by atoms with Gasteiger partial charge in [0.25, 0.3) is 11.9 Å². The van der Waals surface area contributed by atoms with Crippen LogP contribution in [0.3, 0.4) is 0 Å². The van der Waals surface area contributed by atoms with Crippen LogP contribution in [0.15, 0.2) is 0 Å². The van der Waals surface area contributed by atoms with Crippen molar-refractivity contribution in [3.05, 3.63) is 0 Å². The van der Waals surface area contributed by atoms with Crippen LogP contribution in [0.1, 0.15) is 0 Å². The Kier molecular flexibility index (Phi) is 16.6. The van der Waals surface area contributed by atoms with E-state index in [9.17, 15) is 9.59 Å². The van der Waals surface area contributed by atoms with Crippen LogP contribution in [0.5, 0.6) is 0 Å². The third kappa shape index (κ3) is 11.7. The number of hydrogen-bond acceptors (Lipinski definition) is 5. The van der Waals surface area contributed by atoms with Gasteiger partial charge in [0.15, 0.2) is 0 Å². The third-order valence-corrected chi connectivity index (χ3v) is 3.91. The van der Waals surface area contributed by atoms with E-state index in [2.05, 4.69) is 24.8 Å². The van der Waals surface area contributed by atoms with E-state index in [0.29, 0.717) is 0 Å². The summed E-state index contributed by atoms with van der Waals surface area (Å²) >= 11 is 9.11. The van der Waals surface area contributed by atoms with Gasteiger partial charge in [0, 0.05) is 0 Å². The molecule has 0 rings (SSSR count). The molecule has 0 saturated heterocycles. The number of hydrogen-bond donors (Lipinski definition) is 2. The number of carboxylic acids is 2. The normalized spacial score (nSPS) is 9.00. The van der Waals surface area contributed by atoms with Gasteiger partial charge < -0.3 is 46.0 Å². The average Bonchev–Trinajstić information content (AvgIpc) is 1.83. The molecule has 2 N–H and O–H groups in total. The van der Waals surface area contributed by atoms with E-state index in [1.165, 1.54) is 0 Å². The van der Waals surface area contributed by atoms with Gasteiger partial charge in [-0.3, -0.25) is 13.1 Å². The predicted molar refractivity (Wildman–Crippen MR) is 52.3 cm³/mol. The summed E-state index contributed by atoms with van der Waals surface area (Å²) in [4.78, 5) is 20.4. The summed E-state index contributed by atoms with van der Waals surface area (Å²) in [7, 11) is -0.989. The van der Waals surface area contributed by atoms with Crippen LogP contribution in [0.2, 0.25) is 0 Å². The van der Waals surface area contributed by atoms with Crippen molar-refractivity contribution in [3.63, 3.8) is 0 Å². The van der Waals surface area contributed by atoms with Crippen LogP contribution in [-0.2, 0) is 33.1 Å². The summed E-state index contributed by atoms with van der Waals surface area (Å²) in [5, 5.41) is 16.7. The molecule has 70 valence electrons. The Hall–Kier alpha value is 1.60. The van der Waals surface area contributed by atoms with E-state index < -0.39 is 22.8 Å². The maximum atomic E-state index is 10.2. The molecule has 0 radical (unpaired) electrons. The Morgan fingerprint density at radius 2 is 1.43 bits per heavy atom. The topological polar surface area (TPSA) is 74.6 Å². The van der Waals surface area contributed by atoms with Gasteiger partial charge in [0.2, 0.25) is 0 Å². The number of rotatable bonds is 4. The van der Waals surface area contributed by atoms with Gasteiger partial charge in [0.1, 0.15) is 0 Å².